The second-order valence-corrected chi connectivity index (χ2v) is 2.60. The molecule has 11 heavy (non-hydrogen) atoms. The smallest absolute Gasteiger partial charge is 0.306 e. The number of carbonyl (C=O) groups excluding carboxylic acids is 1. The van der Waals surface area contributed by atoms with Crippen LogP contribution < -0.4 is 0 Å². The van der Waals surface area contributed by atoms with Crippen LogP contribution in [-0.2, 0) is 9.53 Å². The van der Waals surface area contributed by atoms with Gasteiger partial charge in [0, 0.05) is 0 Å². The summed E-state index contributed by atoms with van der Waals surface area (Å²) in [5.74, 6) is 0.847. The summed E-state index contributed by atoms with van der Waals surface area (Å²) in [4.78, 5) is 10.7. The van der Waals surface area contributed by atoms with Crippen molar-refractivity contribution in [3.63, 3.8) is 0 Å². The third-order valence-corrected chi connectivity index (χ3v) is 1.80. The molecule has 0 aliphatic carbocycles. The molecular weight excluding hydrogens is 144 g/mol. The van der Waals surface area contributed by atoms with Gasteiger partial charge in [0.25, 0.3) is 0 Å². The van der Waals surface area contributed by atoms with Crippen molar-refractivity contribution < 1.29 is 13.9 Å². The molecular formula is C8H8O3. The summed E-state index contributed by atoms with van der Waals surface area (Å²) >= 11 is 0. The molecule has 58 valence electrons. The zero-order valence-electron chi connectivity index (χ0n) is 5.95. The predicted molar refractivity (Wildman–Crippen MR) is 37.0 cm³/mol. The molecule has 2 rings (SSSR count). The van der Waals surface area contributed by atoms with Gasteiger partial charge in [-0.1, -0.05) is 0 Å². The summed E-state index contributed by atoms with van der Waals surface area (Å²) in [7, 11) is 0. The van der Waals surface area contributed by atoms with E-state index >= 15 is 0 Å². The maximum absolute atomic E-state index is 10.7. The quantitative estimate of drug-likeness (QED) is 0.569. The third kappa shape index (κ3) is 1.13. The minimum absolute atomic E-state index is 0.133. The zero-order chi connectivity index (χ0) is 7.68. The Morgan fingerprint density at radius 2 is 2.45 bits per heavy atom. The first kappa shape index (κ1) is 6.46. The Bertz CT molecular complexity index is 250. The van der Waals surface area contributed by atoms with E-state index in [1.54, 1.807) is 6.26 Å². The standard InChI is InChI=1S/C8H8O3/c9-8-4-6(5-11-8)7-2-1-3-10-7/h1-3,6H,4-5H2/t6-/m0/s1. The molecule has 1 aromatic heterocycles. The Labute approximate surface area is 64.0 Å². The molecule has 0 N–H and O–H groups in total. The summed E-state index contributed by atoms with van der Waals surface area (Å²) < 4.78 is 9.92. The monoisotopic (exact) mass is 152 g/mol. The highest BCUT2D eigenvalue weighted by Gasteiger charge is 2.26. The predicted octanol–water partition coefficient (Wildman–Crippen LogP) is 1.31. The molecule has 2 heterocycles. The van der Waals surface area contributed by atoms with Crippen molar-refractivity contribution in [2.45, 2.75) is 12.3 Å². The lowest BCUT2D eigenvalue weighted by Gasteiger charge is -1.98. The average Bonchev–Trinajstić information content (AvgIpc) is 2.55. The minimum atomic E-state index is -0.133. The summed E-state index contributed by atoms with van der Waals surface area (Å²) in [6, 6.07) is 3.69. The van der Waals surface area contributed by atoms with Crippen LogP contribution in [0.1, 0.15) is 18.1 Å². The Morgan fingerprint density at radius 1 is 1.55 bits per heavy atom. The van der Waals surface area contributed by atoms with Gasteiger partial charge in [-0.3, -0.25) is 4.79 Å². The van der Waals surface area contributed by atoms with E-state index in [1.807, 2.05) is 12.1 Å². The highest BCUT2D eigenvalue weighted by molar-refractivity contribution is 5.72. The van der Waals surface area contributed by atoms with E-state index in [4.69, 9.17) is 9.15 Å². The van der Waals surface area contributed by atoms with E-state index in [2.05, 4.69) is 0 Å². The van der Waals surface area contributed by atoms with Crippen molar-refractivity contribution in [3.05, 3.63) is 24.2 Å². The summed E-state index contributed by atoms with van der Waals surface area (Å²) in [6.45, 7) is 0.465. The number of hydrogen-bond acceptors (Lipinski definition) is 3. The van der Waals surface area contributed by atoms with Gasteiger partial charge >= 0.3 is 5.97 Å². The SMILES string of the molecule is O=C1C[C@H](c2ccco2)CO1. The lowest BCUT2D eigenvalue weighted by molar-refractivity contribution is -0.137. The number of furan rings is 1. The average molecular weight is 152 g/mol. The van der Waals surface area contributed by atoms with Crippen LogP contribution in [0.25, 0.3) is 0 Å². The second kappa shape index (κ2) is 2.42. The molecule has 0 radical (unpaired) electrons. The van der Waals surface area contributed by atoms with E-state index in [0.29, 0.717) is 13.0 Å². The first-order chi connectivity index (χ1) is 5.36. The molecule has 1 fully saturated rings. The number of cyclic esters (lactones) is 1. The van der Waals surface area contributed by atoms with Gasteiger partial charge in [0.1, 0.15) is 12.4 Å². The molecule has 0 aromatic carbocycles. The normalized spacial score (nSPS) is 23.6. The van der Waals surface area contributed by atoms with Gasteiger partial charge in [-0.25, -0.2) is 0 Å². The number of hydrogen-bond donors (Lipinski definition) is 0. The minimum Gasteiger partial charge on any atom is -0.469 e. The number of rotatable bonds is 1. The van der Waals surface area contributed by atoms with Gasteiger partial charge in [0.05, 0.1) is 18.6 Å². The van der Waals surface area contributed by atoms with E-state index in [9.17, 15) is 4.79 Å². The van der Waals surface area contributed by atoms with Crippen LogP contribution in [0.4, 0.5) is 0 Å². The van der Waals surface area contributed by atoms with Crippen molar-refractivity contribution in [2.75, 3.05) is 6.61 Å². The largest absolute Gasteiger partial charge is 0.469 e. The van der Waals surface area contributed by atoms with Crippen molar-refractivity contribution in [1.29, 1.82) is 0 Å². The van der Waals surface area contributed by atoms with Gasteiger partial charge in [-0.15, -0.1) is 0 Å². The molecule has 1 atom stereocenters. The molecule has 0 bridgehead atoms. The highest BCUT2D eigenvalue weighted by atomic mass is 16.5. The van der Waals surface area contributed by atoms with Crippen molar-refractivity contribution in [1.82, 2.24) is 0 Å². The molecule has 3 nitrogen and oxygen atoms in total. The van der Waals surface area contributed by atoms with Crippen LogP contribution in [0.2, 0.25) is 0 Å². The molecule has 3 heteroatoms. The Hall–Kier alpha value is -1.25. The Balaban J connectivity index is 2.13. The maximum Gasteiger partial charge on any atom is 0.306 e. The van der Waals surface area contributed by atoms with Crippen molar-refractivity contribution >= 4 is 5.97 Å². The molecule has 1 saturated heterocycles. The van der Waals surface area contributed by atoms with Crippen LogP contribution in [0.5, 0.6) is 0 Å². The lowest BCUT2D eigenvalue weighted by atomic mass is 10.1. The van der Waals surface area contributed by atoms with E-state index in [-0.39, 0.29) is 11.9 Å². The third-order valence-electron chi connectivity index (χ3n) is 1.80. The fraction of sp³-hybridized carbons (Fsp3) is 0.375. The molecule has 1 aromatic rings. The molecule has 0 unspecified atom stereocenters. The number of carbonyl (C=O) groups is 1. The second-order valence-electron chi connectivity index (χ2n) is 2.60. The summed E-state index contributed by atoms with van der Waals surface area (Å²) in [6.07, 6.45) is 2.06. The van der Waals surface area contributed by atoms with Crippen LogP contribution in [0.15, 0.2) is 22.8 Å². The summed E-state index contributed by atoms with van der Waals surface area (Å²) in [5.41, 5.74) is 0. The number of esters is 1. The van der Waals surface area contributed by atoms with Crippen LogP contribution in [0.3, 0.4) is 0 Å². The molecule has 0 saturated carbocycles. The van der Waals surface area contributed by atoms with Crippen LogP contribution in [-0.4, -0.2) is 12.6 Å². The van der Waals surface area contributed by atoms with Gasteiger partial charge < -0.3 is 9.15 Å². The topological polar surface area (TPSA) is 39.4 Å². The lowest BCUT2D eigenvalue weighted by Crippen LogP contribution is -1.94. The maximum atomic E-state index is 10.7. The summed E-state index contributed by atoms with van der Waals surface area (Å²) in [5, 5.41) is 0. The highest BCUT2D eigenvalue weighted by Crippen LogP contribution is 2.25. The number of ether oxygens (including phenoxy) is 1. The molecule has 1 aliphatic heterocycles. The van der Waals surface area contributed by atoms with Gasteiger partial charge in [-0.2, -0.15) is 0 Å². The Morgan fingerprint density at radius 3 is 3.00 bits per heavy atom. The van der Waals surface area contributed by atoms with Crippen LogP contribution in [0, 0.1) is 0 Å². The molecule has 0 spiro atoms. The van der Waals surface area contributed by atoms with Gasteiger partial charge in [0.15, 0.2) is 0 Å². The fourth-order valence-corrected chi connectivity index (χ4v) is 1.22. The van der Waals surface area contributed by atoms with Gasteiger partial charge in [-0.05, 0) is 12.1 Å². The first-order valence-electron chi connectivity index (χ1n) is 3.55. The van der Waals surface area contributed by atoms with Crippen molar-refractivity contribution in [3.8, 4) is 0 Å². The van der Waals surface area contributed by atoms with Crippen molar-refractivity contribution in [2.24, 2.45) is 0 Å². The van der Waals surface area contributed by atoms with Gasteiger partial charge in [0.2, 0.25) is 0 Å². The van der Waals surface area contributed by atoms with E-state index in [0.717, 1.165) is 5.76 Å². The molecule has 0 amide bonds. The van der Waals surface area contributed by atoms with E-state index in [1.165, 1.54) is 0 Å². The fourth-order valence-electron chi connectivity index (χ4n) is 1.22. The zero-order valence-corrected chi connectivity index (χ0v) is 5.95. The first-order valence-corrected chi connectivity index (χ1v) is 3.55. The van der Waals surface area contributed by atoms with Crippen LogP contribution >= 0.6 is 0 Å². The van der Waals surface area contributed by atoms with E-state index < -0.39 is 0 Å². The molecule has 1 aliphatic rings. The Kier molecular flexibility index (Phi) is 1.42.